The lowest BCUT2D eigenvalue weighted by Crippen LogP contribution is -2.28. The standard InChI is InChI=1S/C15H14ClFN2O/c1-10-8-12(16)4-7-14(10)19-15(20)18-9-11-2-5-13(17)6-3-11/h2-8H,9H2,1H3,(H2,18,19,20). The summed E-state index contributed by atoms with van der Waals surface area (Å²) in [5.74, 6) is -0.296. The van der Waals surface area contributed by atoms with Crippen LogP contribution in [0, 0.1) is 12.7 Å². The number of urea groups is 1. The van der Waals surface area contributed by atoms with Gasteiger partial charge in [0.05, 0.1) is 0 Å². The number of carbonyl (C=O) groups excluding carboxylic acids is 1. The molecule has 0 radical (unpaired) electrons. The molecule has 0 aliphatic rings. The van der Waals surface area contributed by atoms with Gasteiger partial charge in [-0.2, -0.15) is 0 Å². The molecule has 0 fully saturated rings. The molecular weight excluding hydrogens is 279 g/mol. The van der Waals surface area contributed by atoms with Crippen LogP contribution in [0.3, 0.4) is 0 Å². The molecule has 0 bridgehead atoms. The van der Waals surface area contributed by atoms with Crippen LogP contribution in [0.2, 0.25) is 5.02 Å². The van der Waals surface area contributed by atoms with Crippen molar-refractivity contribution in [1.29, 1.82) is 0 Å². The van der Waals surface area contributed by atoms with Gasteiger partial charge in [-0.25, -0.2) is 9.18 Å². The monoisotopic (exact) mass is 292 g/mol. The fraction of sp³-hybridized carbons (Fsp3) is 0.133. The highest BCUT2D eigenvalue weighted by Gasteiger charge is 2.04. The summed E-state index contributed by atoms with van der Waals surface area (Å²) in [5, 5.41) is 6.06. The van der Waals surface area contributed by atoms with Crippen molar-refractivity contribution < 1.29 is 9.18 Å². The molecule has 2 rings (SSSR count). The van der Waals surface area contributed by atoms with Crippen LogP contribution in [-0.2, 0) is 6.54 Å². The summed E-state index contributed by atoms with van der Waals surface area (Å²) < 4.78 is 12.7. The third-order valence-corrected chi connectivity index (χ3v) is 3.04. The Morgan fingerprint density at radius 2 is 1.90 bits per heavy atom. The first kappa shape index (κ1) is 14.3. The van der Waals surface area contributed by atoms with Gasteiger partial charge in [0.15, 0.2) is 0 Å². The lowest BCUT2D eigenvalue weighted by molar-refractivity contribution is 0.251. The fourth-order valence-corrected chi connectivity index (χ4v) is 1.95. The van der Waals surface area contributed by atoms with Gasteiger partial charge in [0.2, 0.25) is 0 Å². The maximum absolute atomic E-state index is 12.7. The van der Waals surface area contributed by atoms with E-state index in [1.54, 1.807) is 30.3 Å². The van der Waals surface area contributed by atoms with Crippen molar-refractivity contribution in [2.45, 2.75) is 13.5 Å². The van der Waals surface area contributed by atoms with E-state index in [4.69, 9.17) is 11.6 Å². The molecule has 0 atom stereocenters. The van der Waals surface area contributed by atoms with Crippen LogP contribution in [0.1, 0.15) is 11.1 Å². The van der Waals surface area contributed by atoms with Crippen LogP contribution in [0.5, 0.6) is 0 Å². The minimum Gasteiger partial charge on any atom is -0.334 e. The van der Waals surface area contributed by atoms with Crippen molar-refractivity contribution in [2.24, 2.45) is 0 Å². The van der Waals surface area contributed by atoms with Crippen LogP contribution in [0.25, 0.3) is 0 Å². The molecule has 0 unspecified atom stereocenters. The molecule has 5 heteroatoms. The number of rotatable bonds is 3. The van der Waals surface area contributed by atoms with Crippen LogP contribution < -0.4 is 10.6 Å². The molecule has 20 heavy (non-hydrogen) atoms. The first-order chi connectivity index (χ1) is 9.54. The molecule has 0 aliphatic heterocycles. The summed E-state index contributed by atoms with van der Waals surface area (Å²) in [5.41, 5.74) is 2.41. The lowest BCUT2D eigenvalue weighted by atomic mass is 10.2. The Morgan fingerprint density at radius 3 is 2.55 bits per heavy atom. The van der Waals surface area contributed by atoms with Gasteiger partial charge >= 0.3 is 6.03 Å². The Bertz CT molecular complexity index is 614. The summed E-state index contributed by atoms with van der Waals surface area (Å²) in [6, 6.07) is 10.9. The van der Waals surface area contributed by atoms with E-state index in [9.17, 15) is 9.18 Å². The van der Waals surface area contributed by atoms with Crippen molar-refractivity contribution in [2.75, 3.05) is 5.32 Å². The van der Waals surface area contributed by atoms with Gasteiger partial charge in [-0.15, -0.1) is 0 Å². The molecule has 3 nitrogen and oxygen atoms in total. The van der Waals surface area contributed by atoms with Gasteiger partial charge in [-0.1, -0.05) is 23.7 Å². The molecule has 2 N–H and O–H groups in total. The number of amides is 2. The maximum atomic E-state index is 12.7. The number of anilines is 1. The van der Waals surface area contributed by atoms with E-state index in [-0.39, 0.29) is 11.8 Å². The topological polar surface area (TPSA) is 41.1 Å². The number of halogens is 2. The summed E-state index contributed by atoms with van der Waals surface area (Å²) in [7, 11) is 0. The van der Waals surface area contributed by atoms with Crippen LogP contribution in [0.15, 0.2) is 42.5 Å². The number of benzene rings is 2. The van der Waals surface area contributed by atoms with Gasteiger partial charge in [0, 0.05) is 17.3 Å². The third kappa shape index (κ3) is 3.96. The van der Waals surface area contributed by atoms with Crippen molar-refractivity contribution in [3.05, 3.63) is 64.4 Å². The predicted molar refractivity (Wildman–Crippen MR) is 78.4 cm³/mol. The van der Waals surface area contributed by atoms with Crippen LogP contribution >= 0.6 is 11.6 Å². The van der Waals surface area contributed by atoms with Gasteiger partial charge in [-0.3, -0.25) is 0 Å². The molecule has 104 valence electrons. The first-order valence-electron chi connectivity index (χ1n) is 6.10. The third-order valence-electron chi connectivity index (χ3n) is 2.80. The van der Waals surface area contributed by atoms with Gasteiger partial charge in [-0.05, 0) is 48.4 Å². The Morgan fingerprint density at radius 1 is 1.20 bits per heavy atom. The summed E-state index contributed by atoms with van der Waals surface area (Å²) in [4.78, 5) is 11.8. The number of hydrogen-bond acceptors (Lipinski definition) is 1. The first-order valence-corrected chi connectivity index (χ1v) is 6.48. The number of aryl methyl sites for hydroxylation is 1. The van der Waals surface area contributed by atoms with Crippen LogP contribution in [-0.4, -0.2) is 6.03 Å². The Labute approximate surface area is 121 Å². The Balaban J connectivity index is 1.90. The minimum atomic E-state index is -0.320. The average Bonchev–Trinajstić information content (AvgIpc) is 2.41. The minimum absolute atomic E-state index is 0.296. The van der Waals surface area contributed by atoms with Crippen molar-refractivity contribution in [3.63, 3.8) is 0 Å². The molecule has 0 aliphatic carbocycles. The quantitative estimate of drug-likeness (QED) is 0.878. The zero-order valence-corrected chi connectivity index (χ0v) is 11.7. The average molecular weight is 293 g/mol. The number of hydrogen-bond donors (Lipinski definition) is 2. The largest absolute Gasteiger partial charge is 0.334 e. The summed E-state index contributed by atoms with van der Waals surface area (Å²) >= 11 is 5.85. The molecular formula is C15H14ClFN2O. The molecule has 0 saturated heterocycles. The molecule has 2 aromatic carbocycles. The predicted octanol–water partition coefficient (Wildman–Crippen LogP) is 4.11. The second-order valence-corrected chi connectivity index (χ2v) is 4.83. The Hall–Kier alpha value is -2.07. The van der Waals surface area contributed by atoms with Crippen molar-refractivity contribution in [3.8, 4) is 0 Å². The van der Waals surface area contributed by atoms with Gasteiger partial charge < -0.3 is 10.6 Å². The Kier molecular flexibility index (Phi) is 4.58. The highest BCUT2D eigenvalue weighted by atomic mass is 35.5. The van der Waals surface area contributed by atoms with Crippen molar-refractivity contribution in [1.82, 2.24) is 5.32 Å². The van der Waals surface area contributed by atoms with Crippen molar-refractivity contribution >= 4 is 23.3 Å². The van der Waals surface area contributed by atoms with E-state index in [0.29, 0.717) is 17.3 Å². The normalized spacial score (nSPS) is 10.2. The molecule has 0 aromatic heterocycles. The van der Waals surface area contributed by atoms with E-state index >= 15 is 0 Å². The molecule has 2 aromatic rings. The zero-order valence-electron chi connectivity index (χ0n) is 10.9. The smallest absolute Gasteiger partial charge is 0.319 e. The molecule has 0 spiro atoms. The summed E-state index contributed by atoms with van der Waals surface area (Å²) in [6.07, 6.45) is 0. The SMILES string of the molecule is Cc1cc(Cl)ccc1NC(=O)NCc1ccc(F)cc1. The summed E-state index contributed by atoms with van der Waals surface area (Å²) in [6.45, 7) is 2.19. The highest BCUT2D eigenvalue weighted by molar-refractivity contribution is 6.30. The zero-order chi connectivity index (χ0) is 14.5. The van der Waals surface area contributed by atoms with E-state index < -0.39 is 0 Å². The number of carbonyl (C=O) groups is 1. The number of nitrogens with one attached hydrogen (secondary N) is 2. The van der Waals surface area contributed by atoms with E-state index in [1.165, 1.54) is 12.1 Å². The van der Waals surface area contributed by atoms with E-state index in [2.05, 4.69) is 10.6 Å². The van der Waals surface area contributed by atoms with E-state index in [1.807, 2.05) is 6.92 Å². The maximum Gasteiger partial charge on any atom is 0.319 e. The molecule has 0 saturated carbocycles. The second kappa shape index (κ2) is 6.39. The highest BCUT2D eigenvalue weighted by Crippen LogP contribution is 2.19. The lowest BCUT2D eigenvalue weighted by Gasteiger charge is -2.10. The van der Waals surface area contributed by atoms with E-state index in [0.717, 1.165) is 11.1 Å². The van der Waals surface area contributed by atoms with Crippen LogP contribution in [0.4, 0.5) is 14.9 Å². The second-order valence-electron chi connectivity index (χ2n) is 4.39. The molecule has 0 heterocycles. The van der Waals surface area contributed by atoms with Gasteiger partial charge in [0.25, 0.3) is 0 Å². The fourth-order valence-electron chi connectivity index (χ4n) is 1.72. The van der Waals surface area contributed by atoms with Gasteiger partial charge in [0.1, 0.15) is 5.82 Å². The molecule has 2 amide bonds.